The van der Waals surface area contributed by atoms with Gasteiger partial charge in [0, 0.05) is 0 Å². The highest BCUT2D eigenvalue weighted by atomic mass is 16.1. The molecule has 20 heavy (non-hydrogen) atoms. The summed E-state index contributed by atoms with van der Waals surface area (Å²) in [6, 6.07) is 0. The van der Waals surface area contributed by atoms with Crippen molar-refractivity contribution in [2.24, 2.45) is 0 Å². The third kappa shape index (κ3) is 0.768. The van der Waals surface area contributed by atoms with E-state index in [4.69, 9.17) is 0 Å². The van der Waals surface area contributed by atoms with E-state index in [1.807, 2.05) is 0 Å². The Hall–Kier alpha value is -3.16. The van der Waals surface area contributed by atoms with Crippen LogP contribution in [0.2, 0.25) is 0 Å². The van der Waals surface area contributed by atoms with Gasteiger partial charge in [-0.05, 0) is 0 Å². The Labute approximate surface area is 106 Å². The predicted octanol–water partition coefficient (Wildman–Crippen LogP) is -0.634. The van der Waals surface area contributed by atoms with Crippen LogP contribution in [0.25, 0.3) is 43.6 Å². The Morgan fingerprint density at radius 3 is 0.750 bits per heavy atom. The number of nitrogens with one attached hydrogen (secondary N) is 4. The van der Waals surface area contributed by atoms with Gasteiger partial charge in [-0.15, -0.1) is 0 Å². The van der Waals surface area contributed by atoms with Crippen LogP contribution in [0.3, 0.4) is 0 Å². The summed E-state index contributed by atoms with van der Waals surface area (Å²) in [4.78, 5) is 56.8. The van der Waals surface area contributed by atoms with Gasteiger partial charge < -0.3 is 19.9 Å². The minimum atomic E-state index is -0.353. The number of fused-ring (bicyclic) bond motifs is 8. The second-order valence-corrected chi connectivity index (χ2v) is 4.82. The first-order chi connectivity index (χ1) is 9.58. The van der Waals surface area contributed by atoms with Crippen molar-refractivity contribution in [3.63, 3.8) is 0 Å². The number of hydrogen-bond donors (Lipinski definition) is 4. The van der Waals surface area contributed by atoms with Gasteiger partial charge in [0.15, 0.2) is 0 Å². The quantitative estimate of drug-likeness (QED) is 0.297. The maximum absolute atomic E-state index is 11.7. The number of rotatable bonds is 0. The van der Waals surface area contributed by atoms with E-state index in [-0.39, 0.29) is 43.8 Å². The fourth-order valence-corrected chi connectivity index (χ4v) is 2.86. The van der Waals surface area contributed by atoms with Crippen molar-refractivity contribution >= 4 is 43.6 Å². The number of H-pyrrole nitrogens is 4. The third-order valence-corrected chi connectivity index (χ3v) is 3.86. The Balaban J connectivity index is 2.32. The maximum Gasteiger partial charge on any atom is 0.259 e. The van der Waals surface area contributed by atoms with E-state index in [0.717, 1.165) is 0 Å². The lowest BCUT2D eigenvalue weighted by Crippen LogP contribution is -2.26. The molecular weight excluding hydrogens is 264 g/mol. The lowest BCUT2D eigenvalue weighted by atomic mass is 10.0. The molecule has 8 nitrogen and oxygen atoms in total. The molecule has 0 radical (unpaired) electrons. The van der Waals surface area contributed by atoms with Crippen molar-refractivity contribution in [3.8, 4) is 0 Å². The van der Waals surface area contributed by atoms with E-state index >= 15 is 0 Å². The summed E-state index contributed by atoms with van der Waals surface area (Å²) in [6.45, 7) is 0. The average molecular weight is 268 g/mol. The summed E-state index contributed by atoms with van der Waals surface area (Å²) in [7, 11) is 0. The van der Waals surface area contributed by atoms with Gasteiger partial charge in [-0.25, -0.2) is 0 Å². The van der Waals surface area contributed by atoms with E-state index < -0.39 is 0 Å². The van der Waals surface area contributed by atoms with Crippen LogP contribution in [-0.2, 0) is 0 Å². The number of aromatic amines is 4. The largest absolute Gasteiger partial charge is 0.320 e. The van der Waals surface area contributed by atoms with Crippen molar-refractivity contribution in [1.29, 1.82) is 0 Å². The van der Waals surface area contributed by atoms with E-state index in [1.165, 1.54) is 0 Å². The summed E-state index contributed by atoms with van der Waals surface area (Å²) >= 11 is 0. The van der Waals surface area contributed by atoms with E-state index in [1.54, 1.807) is 0 Å². The van der Waals surface area contributed by atoms with E-state index in [0.29, 0.717) is 22.1 Å². The molecule has 0 amide bonds. The fraction of sp³-hybridized carbons (Fsp3) is 0. The van der Waals surface area contributed by atoms with Gasteiger partial charge in [-0.2, -0.15) is 0 Å². The zero-order valence-corrected chi connectivity index (χ0v) is 9.63. The molecule has 0 aliphatic rings. The lowest BCUT2D eigenvalue weighted by Gasteiger charge is -2.13. The topological polar surface area (TPSA) is 131 Å². The minimum Gasteiger partial charge on any atom is -0.320 e. The molecule has 0 fully saturated rings. The molecule has 5 aromatic rings. The van der Waals surface area contributed by atoms with Crippen LogP contribution >= 0.6 is 0 Å². The van der Waals surface area contributed by atoms with Crippen LogP contribution in [0.4, 0.5) is 0 Å². The zero-order valence-electron chi connectivity index (χ0n) is 9.63. The molecule has 0 saturated heterocycles. The molecule has 0 atom stereocenters. The first-order valence-electron chi connectivity index (χ1n) is 5.82. The highest BCUT2D eigenvalue weighted by Gasteiger charge is 2.24. The molecule has 0 unspecified atom stereocenters. The van der Waals surface area contributed by atoms with Gasteiger partial charge in [0.1, 0.15) is 0 Å². The Bertz CT molecular complexity index is 1110. The smallest absolute Gasteiger partial charge is 0.259 e. The lowest BCUT2D eigenvalue weighted by molar-refractivity contribution is 1.22. The monoisotopic (exact) mass is 268 g/mol. The highest BCUT2D eigenvalue weighted by Crippen LogP contribution is 2.29. The Morgan fingerprint density at radius 1 is 0.400 bits per heavy atom. The Morgan fingerprint density at radius 2 is 0.600 bits per heavy atom. The zero-order chi connectivity index (χ0) is 13.8. The normalized spacial score (nSPS) is 12.8. The van der Waals surface area contributed by atoms with E-state index in [9.17, 15) is 19.2 Å². The minimum absolute atomic E-state index is 0.287. The summed E-state index contributed by atoms with van der Waals surface area (Å²) < 4.78 is 0. The summed E-state index contributed by atoms with van der Waals surface area (Å²) in [5.41, 5.74) is 0.0602. The van der Waals surface area contributed by atoms with Crippen LogP contribution in [0.5, 0.6) is 0 Å². The van der Waals surface area contributed by atoms with Crippen molar-refractivity contribution in [3.05, 3.63) is 41.4 Å². The second-order valence-electron chi connectivity index (χ2n) is 4.82. The molecule has 0 aliphatic heterocycles. The maximum atomic E-state index is 11.7. The van der Waals surface area contributed by atoms with Gasteiger partial charge in [0.05, 0.1) is 43.6 Å². The molecule has 0 aliphatic carbocycles. The molecule has 0 saturated carbocycles. The SMILES string of the molecule is O=c1[nH]c2c1c1[nH]c(=O)c1c1[nH]c(=O)c1c1[nH]c(=O)c21. The molecule has 4 heterocycles. The van der Waals surface area contributed by atoms with Crippen LogP contribution in [0, 0.1) is 0 Å². The average Bonchev–Trinajstić information content (AvgIpc) is 2.35. The van der Waals surface area contributed by atoms with Gasteiger partial charge in [0.2, 0.25) is 0 Å². The summed E-state index contributed by atoms with van der Waals surface area (Å²) in [5.74, 6) is 0. The summed E-state index contributed by atoms with van der Waals surface area (Å²) in [5, 5.41) is 1.15. The van der Waals surface area contributed by atoms with Gasteiger partial charge in [0.25, 0.3) is 22.2 Å². The van der Waals surface area contributed by atoms with Crippen LogP contribution in [-0.4, -0.2) is 19.9 Å². The number of aromatic nitrogens is 4. The molecule has 96 valence electrons. The van der Waals surface area contributed by atoms with Crippen LogP contribution in [0.1, 0.15) is 0 Å². The molecule has 4 aromatic heterocycles. The van der Waals surface area contributed by atoms with Crippen molar-refractivity contribution in [2.75, 3.05) is 0 Å². The van der Waals surface area contributed by atoms with Crippen molar-refractivity contribution in [1.82, 2.24) is 19.9 Å². The third-order valence-electron chi connectivity index (χ3n) is 3.86. The number of hydrogen-bond acceptors (Lipinski definition) is 4. The highest BCUT2D eigenvalue weighted by molar-refractivity contribution is 6.25. The molecule has 4 N–H and O–H groups in total. The van der Waals surface area contributed by atoms with E-state index in [2.05, 4.69) is 19.9 Å². The fourth-order valence-electron chi connectivity index (χ4n) is 2.86. The molecule has 8 heteroatoms. The second kappa shape index (κ2) is 2.57. The molecule has 0 spiro atoms. The molecule has 1 aromatic carbocycles. The van der Waals surface area contributed by atoms with Crippen LogP contribution in [0.15, 0.2) is 19.2 Å². The molecule has 0 bridgehead atoms. The van der Waals surface area contributed by atoms with Crippen molar-refractivity contribution in [2.45, 2.75) is 0 Å². The summed E-state index contributed by atoms with van der Waals surface area (Å²) in [6.07, 6.45) is 0. The molecular formula is C12H4N4O4. The van der Waals surface area contributed by atoms with Gasteiger partial charge in [-0.3, -0.25) is 19.2 Å². The predicted molar refractivity (Wildman–Crippen MR) is 72.5 cm³/mol. The van der Waals surface area contributed by atoms with Crippen LogP contribution < -0.4 is 22.2 Å². The Kier molecular flexibility index (Phi) is 1.25. The first-order valence-corrected chi connectivity index (χ1v) is 5.82. The van der Waals surface area contributed by atoms with Gasteiger partial charge in [-0.1, -0.05) is 0 Å². The molecule has 5 rings (SSSR count). The van der Waals surface area contributed by atoms with Gasteiger partial charge >= 0.3 is 0 Å². The van der Waals surface area contributed by atoms with Crippen molar-refractivity contribution < 1.29 is 0 Å². The first kappa shape index (κ1) is 9.73. The standard InChI is InChI=1S/C12H4N4O4/c17-9-1-5(13-9)2-7(15-11(2)19)4-8(16-12(4)20)3-6(1)14-10(3)18/h(H,13,17)(H,14,18)(H,15,19)(H,16,20).